The van der Waals surface area contributed by atoms with Crippen molar-refractivity contribution in [3.8, 4) is 6.07 Å². The van der Waals surface area contributed by atoms with Crippen molar-refractivity contribution >= 4 is 11.5 Å². The predicted molar refractivity (Wildman–Crippen MR) is 76.1 cm³/mol. The van der Waals surface area contributed by atoms with Crippen molar-refractivity contribution < 1.29 is 0 Å². The molecule has 0 aliphatic rings. The first-order valence-electron chi connectivity index (χ1n) is 5.99. The molecular formula is C14H14N4O2. The number of aryl methyl sites for hydroxylation is 1. The number of nitrogens with zero attached hydrogens (tertiary/aromatic N) is 3. The molecule has 2 rings (SSSR count). The van der Waals surface area contributed by atoms with E-state index in [9.17, 15) is 9.59 Å². The lowest BCUT2D eigenvalue weighted by Gasteiger charge is -2.13. The molecule has 1 heterocycles. The van der Waals surface area contributed by atoms with Gasteiger partial charge < -0.3 is 5.32 Å². The van der Waals surface area contributed by atoms with E-state index in [1.165, 1.54) is 18.7 Å². The minimum atomic E-state index is -0.606. The van der Waals surface area contributed by atoms with Gasteiger partial charge in [0, 0.05) is 19.8 Å². The van der Waals surface area contributed by atoms with Crippen LogP contribution in [0.1, 0.15) is 11.1 Å². The fraction of sp³-hybridized carbons (Fsp3) is 0.214. The minimum Gasteiger partial charge on any atom is -0.340 e. The van der Waals surface area contributed by atoms with Gasteiger partial charge in [0.2, 0.25) is 0 Å². The molecule has 0 fully saturated rings. The summed E-state index contributed by atoms with van der Waals surface area (Å²) in [5.74, 6) is 0.199. The van der Waals surface area contributed by atoms with Crippen molar-refractivity contribution in [2.75, 3.05) is 5.32 Å². The maximum atomic E-state index is 11.9. The van der Waals surface area contributed by atoms with Crippen LogP contribution in [0.3, 0.4) is 0 Å². The standard InChI is InChI=1S/C14H14N4O2/c1-9-4-6-10(7-5-9)16-12-11(8-15)13(19)18(3)14(20)17(12)2/h4-7,16H,1-3H3. The Bertz CT molecular complexity index is 807. The van der Waals surface area contributed by atoms with Crippen molar-refractivity contribution in [1.82, 2.24) is 9.13 Å². The molecule has 6 nitrogen and oxygen atoms in total. The number of nitrogens with one attached hydrogen (secondary N) is 1. The summed E-state index contributed by atoms with van der Waals surface area (Å²) in [5, 5.41) is 12.1. The quantitative estimate of drug-likeness (QED) is 0.883. The monoisotopic (exact) mass is 270 g/mol. The normalized spacial score (nSPS) is 10.1. The molecule has 0 atom stereocenters. The Labute approximate surface area is 115 Å². The molecule has 1 N–H and O–H groups in total. The van der Waals surface area contributed by atoms with Crippen molar-refractivity contribution in [1.29, 1.82) is 5.26 Å². The van der Waals surface area contributed by atoms with Crippen LogP contribution in [0.25, 0.3) is 0 Å². The van der Waals surface area contributed by atoms with Crippen LogP contribution in [0, 0.1) is 18.3 Å². The molecule has 102 valence electrons. The lowest BCUT2D eigenvalue weighted by Crippen LogP contribution is -2.39. The third-order valence-electron chi connectivity index (χ3n) is 3.09. The second-order valence-electron chi connectivity index (χ2n) is 4.53. The summed E-state index contributed by atoms with van der Waals surface area (Å²) in [4.78, 5) is 23.8. The van der Waals surface area contributed by atoms with Crippen LogP contribution in [0.5, 0.6) is 0 Å². The van der Waals surface area contributed by atoms with Gasteiger partial charge in [-0.15, -0.1) is 0 Å². The van der Waals surface area contributed by atoms with Gasteiger partial charge >= 0.3 is 5.69 Å². The van der Waals surface area contributed by atoms with Gasteiger partial charge in [-0.05, 0) is 19.1 Å². The summed E-state index contributed by atoms with van der Waals surface area (Å²) in [6, 6.07) is 9.28. The SMILES string of the molecule is Cc1ccc(Nc2c(C#N)c(=O)n(C)c(=O)n2C)cc1. The molecule has 0 aliphatic heterocycles. The fourth-order valence-corrected chi connectivity index (χ4v) is 1.86. The van der Waals surface area contributed by atoms with Gasteiger partial charge in [-0.1, -0.05) is 17.7 Å². The summed E-state index contributed by atoms with van der Waals surface area (Å²) in [6.45, 7) is 1.96. The third kappa shape index (κ3) is 2.21. The van der Waals surface area contributed by atoms with Crippen LogP contribution >= 0.6 is 0 Å². The smallest absolute Gasteiger partial charge is 0.332 e. The molecule has 1 aromatic carbocycles. The lowest BCUT2D eigenvalue weighted by molar-refractivity contribution is 0.689. The van der Waals surface area contributed by atoms with Crippen LogP contribution in [0.15, 0.2) is 33.9 Å². The molecule has 0 amide bonds. The van der Waals surface area contributed by atoms with E-state index in [1.807, 2.05) is 37.3 Å². The number of hydrogen-bond donors (Lipinski definition) is 1. The summed E-state index contributed by atoms with van der Waals surface area (Å²) < 4.78 is 2.17. The highest BCUT2D eigenvalue weighted by Crippen LogP contribution is 2.17. The van der Waals surface area contributed by atoms with Gasteiger partial charge in [0.15, 0.2) is 5.56 Å². The van der Waals surface area contributed by atoms with Crippen LogP contribution in [0.2, 0.25) is 0 Å². The summed E-state index contributed by atoms with van der Waals surface area (Å²) >= 11 is 0. The second-order valence-corrected chi connectivity index (χ2v) is 4.53. The number of nitriles is 1. The summed E-state index contributed by atoms with van der Waals surface area (Å²) in [5.41, 5.74) is 0.619. The number of hydrogen-bond acceptors (Lipinski definition) is 4. The Morgan fingerprint density at radius 1 is 1.10 bits per heavy atom. The molecule has 0 radical (unpaired) electrons. The van der Waals surface area contributed by atoms with Gasteiger partial charge in [-0.25, -0.2) is 4.79 Å². The van der Waals surface area contributed by atoms with E-state index < -0.39 is 11.2 Å². The molecular weight excluding hydrogens is 256 g/mol. The number of anilines is 2. The van der Waals surface area contributed by atoms with Gasteiger partial charge in [0.05, 0.1) is 0 Å². The average Bonchev–Trinajstić information content (AvgIpc) is 2.45. The van der Waals surface area contributed by atoms with E-state index in [4.69, 9.17) is 5.26 Å². The fourth-order valence-electron chi connectivity index (χ4n) is 1.86. The molecule has 0 saturated heterocycles. The van der Waals surface area contributed by atoms with Crippen LogP contribution in [0.4, 0.5) is 11.5 Å². The lowest BCUT2D eigenvalue weighted by atomic mass is 10.2. The van der Waals surface area contributed by atoms with Crippen molar-refractivity contribution in [2.24, 2.45) is 14.1 Å². The first-order valence-corrected chi connectivity index (χ1v) is 5.99. The second kappa shape index (κ2) is 5.05. The number of benzene rings is 1. The predicted octanol–water partition coefficient (Wildman–Crippen LogP) is 1.01. The number of aromatic nitrogens is 2. The van der Waals surface area contributed by atoms with E-state index in [-0.39, 0.29) is 11.4 Å². The minimum absolute atomic E-state index is 0.0878. The molecule has 0 aliphatic carbocycles. The van der Waals surface area contributed by atoms with Gasteiger partial charge in [-0.2, -0.15) is 5.26 Å². The van der Waals surface area contributed by atoms with E-state index in [2.05, 4.69) is 5.32 Å². The molecule has 6 heteroatoms. The van der Waals surface area contributed by atoms with E-state index in [0.29, 0.717) is 5.69 Å². The van der Waals surface area contributed by atoms with Gasteiger partial charge in [0.1, 0.15) is 11.9 Å². The third-order valence-corrected chi connectivity index (χ3v) is 3.09. The summed E-state index contributed by atoms with van der Waals surface area (Å²) in [6.07, 6.45) is 0. The first kappa shape index (κ1) is 13.6. The Balaban J connectivity index is 2.63. The van der Waals surface area contributed by atoms with Crippen LogP contribution < -0.4 is 16.6 Å². The maximum absolute atomic E-state index is 11.9. The highest BCUT2D eigenvalue weighted by molar-refractivity contribution is 5.62. The molecule has 0 saturated carbocycles. The molecule has 0 unspecified atom stereocenters. The largest absolute Gasteiger partial charge is 0.340 e. The van der Waals surface area contributed by atoms with E-state index >= 15 is 0 Å². The zero-order chi connectivity index (χ0) is 14.9. The maximum Gasteiger partial charge on any atom is 0.332 e. The Morgan fingerprint density at radius 2 is 1.70 bits per heavy atom. The van der Waals surface area contributed by atoms with Crippen molar-refractivity contribution in [3.05, 3.63) is 56.2 Å². The topological polar surface area (TPSA) is 79.8 Å². The highest BCUT2D eigenvalue weighted by atomic mass is 16.2. The Kier molecular flexibility index (Phi) is 3.44. The molecule has 1 aromatic heterocycles. The Morgan fingerprint density at radius 3 is 2.25 bits per heavy atom. The van der Waals surface area contributed by atoms with Gasteiger partial charge in [0.25, 0.3) is 5.56 Å². The summed E-state index contributed by atoms with van der Waals surface area (Å²) in [7, 11) is 2.86. The zero-order valence-electron chi connectivity index (χ0n) is 11.5. The highest BCUT2D eigenvalue weighted by Gasteiger charge is 2.15. The van der Waals surface area contributed by atoms with Crippen LogP contribution in [-0.2, 0) is 14.1 Å². The van der Waals surface area contributed by atoms with Gasteiger partial charge in [-0.3, -0.25) is 13.9 Å². The molecule has 0 bridgehead atoms. The number of rotatable bonds is 2. The first-order chi connectivity index (χ1) is 9.45. The molecule has 2 aromatic rings. The molecule has 20 heavy (non-hydrogen) atoms. The molecule has 0 spiro atoms. The van der Waals surface area contributed by atoms with Crippen molar-refractivity contribution in [2.45, 2.75) is 6.92 Å². The zero-order valence-corrected chi connectivity index (χ0v) is 11.5. The Hall–Kier alpha value is -2.81. The van der Waals surface area contributed by atoms with Crippen LogP contribution in [-0.4, -0.2) is 9.13 Å². The van der Waals surface area contributed by atoms with E-state index in [0.717, 1.165) is 10.1 Å². The van der Waals surface area contributed by atoms with Crippen molar-refractivity contribution in [3.63, 3.8) is 0 Å². The average molecular weight is 270 g/mol. The van der Waals surface area contributed by atoms with E-state index in [1.54, 1.807) is 0 Å².